The van der Waals surface area contributed by atoms with E-state index in [9.17, 15) is 19.6 Å². The molecule has 0 amide bonds. The average Bonchev–Trinajstić information content (AvgIpc) is 3.77. The molecule has 0 radical (unpaired) electrons. The van der Waals surface area contributed by atoms with Crippen LogP contribution in [0.2, 0.25) is 0 Å². The van der Waals surface area contributed by atoms with Gasteiger partial charge in [-0.25, -0.2) is 19.2 Å². The molecule has 0 aliphatic carbocycles. The van der Waals surface area contributed by atoms with Gasteiger partial charge in [0, 0.05) is 46.6 Å². The Labute approximate surface area is 429 Å². The van der Waals surface area contributed by atoms with Gasteiger partial charge in [0.25, 0.3) is 0 Å². The van der Waals surface area contributed by atoms with Gasteiger partial charge in [-0.2, -0.15) is 5.26 Å². The van der Waals surface area contributed by atoms with Gasteiger partial charge in [-0.05, 0) is 130 Å². The van der Waals surface area contributed by atoms with Gasteiger partial charge in [0.15, 0.2) is 40.0 Å². The number of esters is 1. The Morgan fingerprint density at radius 1 is 0.781 bits per heavy atom. The molecule has 2 saturated heterocycles. The second-order valence-corrected chi connectivity index (χ2v) is 23.3. The van der Waals surface area contributed by atoms with Crippen molar-refractivity contribution in [2.75, 3.05) is 47.0 Å². The fourth-order valence-electron chi connectivity index (χ4n) is 11.3. The van der Waals surface area contributed by atoms with Crippen LogP contribution in [0.1, 0.15) is 124 Å². The fraction of sp³-hybridized carbons (Fsp3) is 0.566. The maximum absolute atomic E-state index is 15.3. The van der Waals surface area contributed by atoms with Crippen molar-refractivity contribution in [3.8, 4) is 46.3 Å². The highest BCUT2D eigenvalue weighted by Gasteiger charge is 2.62. The summed E-state index contributed by atoms with van der Waals surface area (Å²) in [6, 6.07) is 4.50. The van der Waals surface area contributed by atoms with Gasteiger partial charge in [-0.1, -0.05) is 6.07 Å². The number of nitrogens with one attached hydrogen (secondary N) is 1. The largest absolute Gasteiger partial charge is 0.514 e. The highest BCUT2D eigenvalue weighted by atomic mass is 32.2. The van der Waals surface area contributed by atoms with Crippen LogP contribution in [0.25, 0.3) is 0 Å². The van der Waals surface area contributed by atoms with Crippen LogP contribution >= 0.6 is 11.8 Å². The SMILES string of the molecule is COc1cc2c(cc1OC(=O)OC(C)(C)C)CCN[C@]21CS[C@@H]2c3c(OC(=O)OC(C)(C)C)c(C)c4c(c3[C@H](COC1=O)N1C2[C@@H]2c3c(cc(C)c(OC)c3OC(=O)OC(C)(C)C)C[C@@H]([C@@H]1C#N)N2C)OCO4. The minimum Gasteiger partial charge on any atom is -0.493 e. The Hall–Kier alpha value is -6.14. The molecule has 7 aliphatic heterocycles. The summed E-state index contributed by atoms with van der Waals surface area (Å²) in [5.41, 5.74) is 0.809. The molecule has 20 heteroatoms. The third-order valence-corrected chi connectivity index (χ3v) is 15.4. The van der Waals surface area contributed by atoms with Gasteiger partial charge in [-0.15, -0.1) is 11.8 Å². The molecule has 0 aromatic heterocycles. The zero-order valence-electron chi connectivity index (χ0n) is 43.8. The van der Waals surface area contributed by atoms with E-state index in [-0.39, 0.29) is 42.2 Å². The smallest absolute Gasteiger partial charge is 0.493 e. The van der Waals surface area contributed by atoms with Crippen LogP contribution in [-0.4, -0.2) is 116 Å². The topological polar surface area (TPSA) is 212 Å². The number of ether oxygens (including phenoxy) is 11. The molecule has 19 nitrogen and oxygen atoms in total. The molecule has 1 unspecified atom stereocenters. The van der Waals surface area contributed by atoms with Gasteiger partial charge < -0.3 is 52.1 Å². The number of fused-ring (bicyclic) bond motifs is 9. The number of nitriles is 1. The third kappa shape index (κ3) is 9.20. The number of hydrogen-bond acceptors (Lipinski definition) is 20. The number of hydrogen-bond donors (Lipinski definition) is 1. The van der Waals surface area contributed by atoms with Crippen LogP contribution in [0.5, 0.6) is 40.2 Å². The Kier molecular flexibility index (Phi) is 13.2. The maximum atomic E-state index is 15.3. The Bertz CT molecular complexity index is 2830. The van der Waals surface area contributed by atoms with E-state index < -0.39 is 82.2 Å². The monoisotopic (exact) mass is 1030 g/mol. The van der Waals surface area contributed by atoms with Crippen molar-refractivity contribution >= 4 is 36.2 Å². The van der Waals surface area contributed by atoms with Crippen molar-refractivity contribution in [3.05, 3.63) is 62.7 Å². The molecular formula is C53H64N4O15S. The first-order chi connectivity index (χ1) is 34.3. The average molecular weight is 1030 g/mol. The molecule has 7 atom stereocenters. The molecule has 10 rings (SSSR count). The fourth-order valence-corrected chi connectivity index (χ4v) is 12.9. The molecule has 4 bridgehead atoms. The van der Waals surface area contributed by atoms with E-state index in [2.05, 4.69) is 21.2 Å². The lowest BCUT2D eigenvalue weighted by Crippen LogP contribution is -2.69. The first-order valence-electron chi connectivity index (χ1n) is 24.3. The minimum atomic E-state index is -1.54. The molecule has 2 fully saturated rings. The van der Waals surface area contributed by atoms with E-state index in [4.69, 9.17) is 52.1 Å². The molecule has 1 N–H and O–H groups in total. The summed E-state index contributed by atoms with van der Waals surface area (Å²) in [7, 11) is 4.90. The van der Waals surface area contributed by atoms with Crippen molar-refractivity contribution in [2.24, 2.45) is 0 Å². The number of carbonyl (C=O) groups is 4. The molecule has 7 aliphatic rings. The molecule has 392 valence electrons. The van der Waals surface area contributed by atoms with Crippen LogP contribution in [0.3, 0.4) is 0 Å². The molecule has 7 heterocycles. The van der Waals surface area contributed by atoms with Crippen LogP contribution in [-0.2, 0) is 42.1 Å². The number of rotatable bonds is 5. The number of thioether (sulfide) groups is 1. The highest BCUT2D eigenvalue weighted by molar-refractivity contribution is 7.99. The third-order valence-electron chi connectivity index (χ3n) is 13.9. The Balaban J connectivity index is 1.29. The van der Waals surface area contributed by atoms with E-state index in [1.807, 2.05) is 20.0 Å². The van der Waals surface area contributed by atoms with Gasteiger partial charge in [-0.3, -0.25) is 15.1 Å². The summed E-state index contributed by atoms with van der Waals surface area (Å²) in [5.74, 6) is 1.08. The summed E-state index contributed by atoms with van der Waals surface area (Å²) in [5, 5.41) is 14.3. The zero-order chi connectivity index (χ0) is 52.9. The lowest BCUT2D eigenvalue weighted by Gasteiger charge is -2.62. The van der Waals surface area contributed by atoms with Gasteiger partial charge in [0.2, 0.25) is 6.79 Å². The Morgan fingerprint density at radius 3 is 2.03 bits per heavy atom. The lowest BCUT2D eigenvalue weighted by molar-refractivity contribution is -0.157. The molecular weight excluding hydrogens is 965 g/mol. The molecule has 0 saturated carbocycles. The normalized spacial score (nSPS) is 25.1. The summed E-state index contributed by atoms with van der Waals surface area (Å²) >= 11 is 1.40. The predicted molar refractivity (Wildman–Crippen MR) is 264 cm³/mol. The lowest BCUT2D eigenvalue weighted by atomic mass is 9.71. The quantitative estimate of drug-likeness (QED) is 0.144. The first kappa shape index (κ1) is 51.7. The van der Waals surface area contributed by atoms with E-state index in [1.165, 1.54) is 26.0 Å². The zero-order valence-corrected chi connectivity index (χ0v) is 44.6. The number of carbonyl (C=O) groups excluding carboxylic acids is 4. The molecule has 73 heavy (non-hydrogen) atoms. The van der Waals surface area contributed by atoms with Crippen molar-refractivity contribution in [1.29, 1.82) is 5.26 Å². The van der Waals surface area contributed by atoms with Crippen LogP contribution in [0.4, 0.5) is 14.4 Å². The van der Waals surface area contributed by atoms with Crippen molar-refractivity contribution in [1.82, 2.24) is 15.1 Å². The summed E-state index contributed by atoms with van der Waals surface area (Å²) in [6.45, 7) is 19.2. The summed E-state index contributed by atoms with van der Waals surface area (Å²) < 4.78 is 66.4. The summed E-state index contributed by atoms with van der Waals surface area (Å²) in [4.78, 5) is 60.4. The second-order valence-electron chi connectivity index (χ2n) is 22.2. The van der Waals surface area contributed by atoms with Crippen LogP contribution in [0.15, 0.2) is 18.2 Å². The standard InChI is InChI=1S/C53H64N4O15S/c1-25-17-28-18-30-31(21-54)57-32-22-64-46(58)53(29-20-33(62-13)34(19-27(29)15-16-55-53)67-47(59)70-50(3,4)5)23-73-45(37-36(32)43-42(65-24-66-43)26(2)41(37)68-48(60)71-51(6,7)8)39(57)38(56(30)12)35(28)44(40(25)63-14)69-49(61)72-52(9,10)11/h17,19-20,30-32,38-39,45,55H,15-16,18,22-24H2,1-14H3/t30-,31-,32-,38-,39?,45+,53+/m0/s1. The summed E-state index contributed by atoms with van der Waals surface area (Å²) in [6.07, 6.45) is -1.99. The molecule has 3 aromatic rings. The number of likely N-dealkylation sites (N-methyl/N-ethyl adjacent to an activating group) is 1. The number of methoxy groups -OCH3 is 2. The van der Waals surface area contributed by atoms with Crippen molar-refractivity contribution in [2.45, 2.75) is 147 Å². The molecule has 1 spiro atoms. The van der Waals surface area contributed by atoms with Gasteiger partial charge in [0.1, 0.15) is 35.2 Å². The number of aryl methyl sites for hydroxylation is 1. The molecule has 3 aromatic carbocycles. The highest BCUT2D eigenvalue weighted by Crippen LogP contribution is 2.65. The Morgan fingerprint density at radius 2 is 1.41 bits per heavy atom. The van der Waals surface area contributed by atoms with Crippen molar-refractivity contribution < 1.29 is 71.3 Å². The second kappa shape index (κ2) is 18.7. The van der Waals surface area contributed by atoms with E-state index in [0.717, 1.165) is 5.56 Å². The van der Waals surface area contributed by atoms with E-state index in [0.29, 0.717) is 75.6 Å². The van der Waals surface area contributed by atoms with E-state index >= 15 is 4.79 Å². The number of piperazine rings is 1. The predicted octanol–water partition coefficient (Wildman–Crippen LogP) is 8.59. The maximum Gasteiger partial charge on any atom is 0.514 e. The van der Waals surface area contributed by atoms with Crippen LogP contribution < -0.4 is 38.5 Å². The number of nitrogens with zero attached hydrogens (tertiary/aromatic N) is 3. The van der Waals surface area contributed by atoms with Crippen LogP contribution in [0, 0.1) is 25.2 Å². The first-order valence-corrected chi connectivity index (χ1v) is 25.4. The number of benzene rings is 3. The van der Waals surface area contributed by atoms with Gasteiger partial charge in [0.05, 0.1) is 37.6 Å². The van der Waals surface area contributed by atoms with Crippen molar-refractivity contribution in [3.63, 3.8) is 0 Å². The van der Waals surface area contributed by atoms with E-state index in [1.54, 1.807) is 81.4 Å². The minimum absolute atomic E-state index is 0.00909. The van der Waals surface area contributed by atoms with Gasteiger partial charge >= 0.3 is 24.4 Å².